The molecular formula is C31H32ClN3O5S. The van der Waals surface area contributed by atoms with Crippen LogP contribution in [0.5, 0.6) is 0 Å². The molecule has 0 aliphatic carbocycles. The summed E-state index contributed by atoms with van der Waals surface area (Å²) in [5.74, 6) is -0.639. The lowest BCUT2D eigenvalue weighted by molar-refractivity contribution is -0.149. The van der Waals surface area contributed by atoms with Crippen LogP contribution >= 0.6 is 11.6 Å². The van der Waals surface area contributed by atoms with Crippen molar-refractivity contribution in [2.24, 2.45) is 5.73 Å². The Labute approximate surface area is 245 Å². The maximum atomic E-state index is 13.3. The van der Waals surface area contributed by atoms with E-state index in [1.54, 1.807) is 24.3 Å². The third-order valence-electron chi connectivity index (χ3n) is 7.64. The molecule has 0 bridgehead atoms. The van der Waals surface area contributed by atoms with Gasteiger partial charge in [0.1, 0.15) is 0 Å². The van der Waals surface area contributed by atoms with Crippen molar-refractivity contribution in [2.75, 3.05) is 25.9 Å². The molecule has 214 valence electrons. The summed E-state index contributed by atoms with van der Waals surface area (Å²) in [7, 11) is -3.39. The van der Waals surface area contributed by atoms with Gasteiger partial charge in [-0.25, -0.2) is 13.2 Å². The number of aryl methyl sites for hydroxylation is 1. The van der Waals surface area contributed by atoms with E-state index in [-0.39, 0.29) is 22.9 Å². The fourth-order valence-electron chi connectivity index (χ4n) is 5.54. The van der Waals surface area contributed by atoms with Crippen molar-refractivity contribution in [1.82, 2.24) is 10.2 Å². The molecule has 1 atom stereocenters. The lowest BCUT2D eigenvalue weighted by Crippen LogP contribution is -2.53. The Morgan fingerprint density at radius 3 is 2.59 bits per heavy atom. The summed E-state index contributed by atoms with van der Waals surface area (Å²) >= 11 is 6.69. The molecule has 3 aromatic rings. The lowest BCUT2D eigenvalue weighted by Gasteiger charge is -2.39. The summed E-state index contributed by atoms with van der Waals surface area (Å²) in [5, 5.41) is 3.30. The highest BCUT2D eigenvalue weighted by molar-refractivity contribution is 7.90. The first kappa shape index (κ1) is 28.9. The summed E-state index contributed by atoms with van der Waals surface area (Å²) < 4.78 is 30.1. The monoisotopic (exact) mass is 593 g/mol. The van der Waals surface area contributed by atoms with Gasteiger partial charge >= 0.3 is 5.97 Å². The van der Waals surface area contributed by atoms with Crippen molar-refractivity contribution < 1.29 is 22.7 Å². The van der Waals surface area contributed by atoms with E-state index < -0.39 is 21.4 Å². The smallest absolute Gasteiger partial charge is 0.341 e. The fourth-order valence-corrected chi connectivity index (χ4v) is 6.48. The molecule has 0 saturated carbocycles. The predicted molar refractivity (Wildman–Crippen MR) is 159 cm³/mol. The largest absolute Gasteiger partial charge is 0.448 e. The van der Waals surface area contributed by atoms with E-state index in [0.29, 0.717) is 59.9 Å². The van der Waals surface area contributed by atoms with Crippen molar-refractivity contribution in [3.63, 3.8) is 0 Å². The van der Waals surface area contributed by atoms with Gasteiger partial charge in [0.05, 0.1) is 22.7 Å². The molecule has 3 aromatic carbocycles. The predicted octanol–water partition coefficient (Wildman–Crippen LogP) is 4.10. The molecule has 2 heterocycles. The van der Waals surface area contributed by atoms with Crippen LogP contribution in [0.3, 0.4) is 0 Å². The normalized spacial score (nSPS) is 19.4. The van der Waals surface area contributed by atoms with Gasteiger partial charge in [-0.1, -0.05) is 54.1 Å². The first-order valence-corrected chi connectivity index (χ1v) is 15.6. The standard InChI is InChI=1S/C31H32ClN3O5S/c1-20-14-25(22-10-6-11-23(15-22)41(2,38)39)26(32)16-24(20)28-29(33)31(40-30(28)37)12-7-13-35(19-31)18-27(36)34-17-21-8-4-3-5-9-21/h3-6,8-11,14-16H,7,12-13,17-19,33H2,1-2H3,(H,34,36)/t31-/m0/s1. The molecule has 10 heteroatoms. The molecule has 0 unspecified atom stereocenters. The molecule has 0 aromatic heterocycles. The molecule has 1 saturated heterocycles. The molecule has 5 rings (SSSR count). The van der Waals surface area contributed by atoms with Crippen LogP contribution in [-0.4, -0.2) is 56.7 Å². The van der Waals surface area contributed by atoms with E-state index in [1.165, 1.54) is 6.07 Å². The molecular weight excluding hydrogens is 562 g/mol. The minimum atomic E-state index is -3.39. The van der Waals surface area contributed by atoms with E-state index in [9.17, 15) is 18.0 Å². The Morgan fingerprint density at radius 2 is 1.85 bits per heavy atom. The van der Waals surface area contributed by atoms with Crippen LogP contribution in [-0.2, 0) is 30.7 Å². The topological polar surface area (TPSA) is 119 Å². The number of hydrogen-bond acceptors (Lipinski definition) is 7. The number of carbonyl (C=O) groups is 2. The number of rotatable bonds is 7. The molecule has 1 amide bonds. The average Bonchev–Trinajstić information content (AvgIpc) is 3.16. The number of ether oxygens (including phenoxy) is 1. The second kappa shape index (κ2) is 11.3. The van der Waals surface area contributed by atoms with Crippen LogP contribution in [0, 0.1) is 6.92 Å². The van der Waals surface area contributed by atoms with Crippen LogP contribution < -0.4 is 11.1 Å². The quantitative estimate of drug-likeness (QED) is 0.396. The molecule has 3 N–H and O–H groups in total. The number of piperidine rings is 1. The summed E-state index contributed by atoms with van der Waals surface area (Å²) in [6.45, 7) is 3.45. The zero-order chi connectivity index (χ0) is 29.4. The molecule has 1 spiro atoms. The molecule has 41 heavy (non-hydrogen) atoms. The number of carbonyl (C=O) groups excluding carboxylic acids is 2. The number of halogens is 1. The van der Waals surface area contributed by atoms with E-state index in [4.69, 9.17) is 22.1 Å². The lowest BCUT2D eigenvalue weighted by atomic mass is 9.86. The summed E-state index contributed by atoms with van der Waals surface area (Å²) in [5.41, 5.74) is 9.87. The second-order valence-electron chi connectivity index (χ2n) is 10.7. The maximum absolute atomic E-state index is 13.3. The van der Waals surface area contributed by atoms with Crippen LogP contribution in [0.4, 0.5) is 0 Å². The van der Waals surface area contributed by atoms with Crippen LogP contribution in [0.25, 0.3) is 16.7 Å². The van der Waals surface area contributed by atoms with Crippen molar-refractivity contribution in [3.8, 4) is 11.1 Å². The third-order valence-corrected chi connectivity index (χ3v) is 9.07. The van der Waals surface area contributed by atoms with Gasteiger partial charge in [0, 0.05) is 29.9 Å². The zero-order valence-electron chi connectivity index (χ0n) is 22.9. The summed E-state index contributed by atoms with van der Waals surface area (Å²) in [6.07, 6.45) is 2.42. The van der Waals surface area contributed by atoms with Gasteiger partial charge in [0.15, 0.2) is 15.4 Å². The first-order chi connectivity index (χ1) is 19.5. The number of likely N-dealkylation sites (tertiary alicyclic amines) is 1. The van der Waals surface area contributed by atoms with Gasteiger partial charge in [-0.05, 0) is 72.8 Å². The minimum Gasteiger partial charge on any atom is -0.448 e. The van der Waals surface area contributed by atoms with Gasteiger partial charge in [-0.3, -0.25) is 9.69 Å². The Morgan fingerprint density at radius 1 is 1.10 bits per heavy atom. The Bertz CT molecular complexity index is 1660. The van der Waals surface area contributed by atoms with Crippen molar-refractivity contribution in [3.05, 3.63) is 94.1 Å². The van der Waals surface area contributed by atoms with Crippen molar-refractivity contribution >= 4 is 38.9 Å². The number of amides is 1. The highest BCUT2D eigenvalue weighted by Gasteiger charge is 2.49. The van der Waals surface area contributed by atoms with Gasteiger partial charge in [-0.15, -0.1) is 0 Å². The average molecular weight is 594 g/mol. The molecule has 8 nitrogen and oxygen atoms in total. The number of esters is 1. The van der Waals surface area contributed by atoms with E-state index in [0.717, 1.165) is 17.4 Å². The number of sulfone groups is 1. The number of nitrogens with one attached hydrogen (secondary N) is 1. The van der Waals surface area contributed by atoms with Crippen LogP contribution in [0.15, 0.2) is 77.3 Å². The Hall–Kier alpha value is -3.66. The van der Waals surface area contributed by atoms with E-state index in [2.05, 4.69) is 5.32 Å². The Balaban J connectivity index is 1.37. The summed E-state index contributed by atoms with van der Waals surface area (Å²) in [4.78, 5) is 28.1. The number of hydrogen-bond donors (Lipinski definition) is 2. The molecule has 2 aliphatic rings. The second-order valence-corrected chi connectivity index (χ2v) is 13.1. The number of nitrogens with two attached hydrogens (primary N) is 1. The van der Waals surface area contributed by atoms with E-state index >= 15 is 0 Å². The third kappa shape index (κ3) is 6.02. The molecule has 0 radical (unpaired) electrons. The van der Waals surface area contributed by atoms with Crippen molar-refractivity contribution in [1.29, 1.82) is 0 Å². The van der Waals surface area contributed by atoms with E-state index in [1.807, 2.05) is 48.2 Å². The van der Waals surface area contributed by atoms with Gasteiger partial charge in [-0.2, -0.15) is 0 Å². The maximum Gasteiger partial charge on any atom is 0.341 e. The molecule has 1 fully saturated rings. The first-order valence-electron chi connectivity index (χ1n) is 13.3. The fraction of sp³-hybridized carbons (Fsp3) is 0.290. The highest BCUT2D eigenvalue weighted by Crippen LogP contribution is 2.43. The zero-order valence-corrected chi connectivity index (χ0v) is 24.5. The highest BCUT2D eigenvalue weighted by atomic mass is 35.5. The number of benzene rings is 3. The SMILES string of the molecule is Cc1cc(-c2cccc(S(C)(=O)=O)c2)c(Cl)cc1C1=C(N)[C@@]2(CCCN(CC(=O)NCc3ccccc3)C2)OC1=O. The Kier molecular flexibility index (Phi) is 7.96. The number of nitrogens with zero attached hydrogens (tertiary/aromatic N) is 1. The van der Waals surface area contributed by atoms with Gasteiger partial charge in [0.2, 0.25) is 5.91 Å². The van der Waals surface area contributed by atoms with Crippen LogP contribution in [0.1, 0.15) is 29.5 Å². The summed E-state index contributed by atoms with van der Waals surface area (Å²) in [6, 6.07) is 19.8. The van der Waals surface area contributed by atoms with Gasteiger partial charge < -0.3 is 15.8 Å². The minimum absolute atomic E-state index is 0.115. The van der Waals surface area contributed by atoms with Crippen molar-refractivity contribution in [2.45, 2.75) is 36.8 Å². The molecule has 2 aliphatic heterocycles. The van der Waals surface area contributed by atoms with Gasteiger partial charge in [0.25, 0.3) is 0 Å². The van der Waals surface area contributed by atoms with Crippen LogP contribution in [0.2, 0.25) is 5.02 Å².